The van der Waals surface area contributed by atoms with Crippen molar-refractivity contribution in [3.63, 3.8) is 0 Å². The second-order valence-corrected chi connectivity index (χ2v) is 5.47. The number of aryl methyl sites for hydroxylation is 1. The third-order valence-corrected chi connectivity index (χ3v) is 3.38. The fraction of sp³-hybridized carbons (Fsp3) is 0.538. The molecule has 1 rings (SSSR count). The van der Waals surface area contributed by atoms with Gasteiger partial charge in [0.2, 0.25) is 0 Å². The van der Waals surface area contributed by atoms with Gasteiger partial charge in [0.05, 0.1) is 0 Å². The normalized spacial score (nSPS) is 10.9. The number of phenols is 1. The molecule has 0 aliphatic carbocycles. The van der Waals surface area contributed by atoms with E-state index in [-0.39, 0.29) is 0 Å². The summed E-state index contributed by atoms with van der Waals surface area (Å²) in [5.41, 5.74) is 2.16. The van der Waals surface area contributed by atoms with Crippen molar-refractivity contribution in [1.82, 2.24) is 0 Å². The molecule has 0 atom stereocenters. The lowest BCUT2D eigenvalue weighted by Crippen LogP contribution is -1.91. The lowest BCUT2D eigenvalue weighted by molar-refractivity contribution is 0.470. The van der Waals surface area contributed by atoms with Gasteiger partial charge < -0.3 is 5.11 Å². The van der Waals surface area contributed by atoms with Gasteiger partial charge in [0.1, 0.15) is 5.75 Å². The molecule has 1 nitrogen and oxygen atoms in total. The Bertz CT molecular complexity index is 307. The standard InChI is InChI=1S/C13H20OS/c1-10(2)6-7-15-9-12-5-4-11(3)8-13(12)14/h4-5,8,10,14H,6-7,9H2,1-3H3. The average Bonchev–Trinajstić information content (AvgIpc) is 2.14. The molecule has 0 bridgehead atoms. The molecule has 0 amide bonds. The number of benzene rings is 1. The number of rotatable bonds is 5. The van der Waals surface area contributed by atoms with Crippen LogP contribution in [0.2, 0.25) is 0 Å². The summed E-state index contributed by atoms with van der Waals surface area (Å²) in [5.74, 6) is 3.29. The van der Waals surface area contributed by atoms with Crippen molar-refractivity contribution in [2.24, 2.45) is 5.92 Å². The van der Waals surface area contributed by atoms with Gasteiger partial charge in [-0.05, 0) is 36.6 Å². The Kier molecular flexibility index (Phi) is 5.03. The lowest BCUT2D eigenvalue weighted by Gasteiger charge is -2.06. The maximum absolute atomic E-state index is 9.69. The minimum Gasteiger partial charge on any atom is -0.508 e. The molecule has 2 heteroatoms. The SMILES string of the molecule is Cc1ccc(CSCCC(C)C)c(O)c1. The van der Waals surface area contributed by atoms with Crippen molar-refractivity contribution >= 4 is 11.8 Å². The maximum Gasteiger partial charge on any atom is 0.119 e. The van der Waals surface area contributed by atoms with Crippen LogP contribution in [0.15, 0.2) is 18.2 Å². The van der Waals surface area contributed by atoms with Gasteiger partial charge in [-0.3, -0.25) is 0 Å². The minimum absolute atomic E-state index is 0.437. The highest BCUT2D eigenvalue weighted by molar-refractivity contribution is 7.98. The monoisotopic (exact) mass is 224 g/mol. The van der Waals surface area contributed by atoms with Crippen LogP contribution in [0.25, 0.3) is 0 Å². The molecule has 0 saturated heterocycles. The van der Waals surface area contributed by atoms with E-state index in [0.717, 1.165) is 22.8 Å². The first-order valence-electron chi connectivity index (χ1n) is 5.46. The van der Waals surface area contributed by atoms with E-state index in [2.05, 4.69) is 19.9 Å². The van der Waals surface area contributed by atoms with Crippen LogP contribution in [0.3, 0.4) is 0 Å². The van der Waals surface area contributed by atoms with E-state index in [1.807, 2.05) is 30.8 Å². The Morgan fingerprint density at radius 1 is 1.33 bits per heavy atom. The Hall–Kier alpha value is -0.630. The molecular formula is C13H20OS. The molecular weight excluding hydrogens is 204 g/mol. The summed E-state index contributed by atoms with van der Waals surface area (Å²) < 4.78 is 0. The van der Waals surface area contributed by atoms with Crippen molar-refractivity contribution in [3.05, 3.63) is 29.3 Å². The van der Waals surface area contributed by atoms with Gasteiger partial charge in [0.15, 0.2) is 0 Å². The molecule has 0 fully saturated rings. The van der Waals surface area contributed by atoms with Crippen molar-refractivity contribution in [2.75, 3.05) is 5.75 Å². The smallest absolute Gasteiger partial charge is 0.119 e. The minimum atomic E-state index is 0.437. The van der Waals surface area contributed by atoms with Crippen molar-refractivity contribution in [2.45, 2.75) is 32.9 Å². The lowest BCUT2D eigenvalue weighted by atomic mass is 10.1. The summed E-state index contributed by atoms with van der Waals surface area (Å²) in [6.45, 7) is 6.48. The van der Waals surface area contributed by atoms with Crippen molar-refractivity contribution in [3.8, 4) is 5.75 Å². The van der Waals surface area contributed by atoms with Crippen LogP contribution in [-0.4, -0.2) is 10.9 Å². The van der Waals surface area contributed by atoms with E-state index in [1.165, 1.54) is 12.2 Å². The summed E-state index contributed by atoms with van der Waals surface area (Å²) in [6, 6.07) is 5.91. The number of hydrogen-bond donors (Lipinski definition) is 1. The molecule has 1 N–H and O–H groups in total. The van der Waals surface area contributed by atoms with Crippen LogP contribution in [0.5, 0.6) is 5.75 Å². The van der Waals surface area contributed by atoms with Gasteiger partial charge in [-0.1, -0.05) is 26.0 Å². The Morgan fingerprint density at radius 2 is 2.07 bits per heavy atom. The third kappa shape index (κ3) is 4.61. The highest BCUT2D eigenvalue weighted by Gasteiger charge is 2.01. The second-order valence-electron chi connectivity index (χ2n) is 4.37. The summed E-state index contributed by atoms with van der Waals surface area (Å²) in [6.07, 6.45) is 1.25. The Balaban J connectivity index is 2.37. The summed E-state index contributed by atoms with van der Waals surface area (Å²) in [7, 11) is 0. The average molecular weight is 224 g/mol. The zero-order valence-corrected chi connectivity index (χ0v) is 10.6. The first kappa shape index (κ1) is 12.4. The molecule has 0 aliphatic heterocycles. The molecule has 84 valence electrons. The Morgan fingerprint density at radius 3 is 2.67 bits per heavy atom. The molecule has 0 aliphatic rings. The number of aromatic hydroxyl groups is 1. The molecule has 0 aromatic heterocycles. The second kappa shape index (κ2) is 6.06. The van der Waals surface area contributed by atoms with E-state index in [0.29, 0.717) is 5.75 Å². The van der Waals surface area contributed by atoms with Gasteiger partial charge in [-0.25, -0.2) is 0 Å². The van der Waals surface area contributed by atoms with Gasteiger partial charge in [0, 0.05) is 11.3 Å². The quantitative estimate of drug-likeness (QED) is 0.763. The van der Waals surface area contributed by atoms with Crippen LogP contribution >= 0.6 is 11.8 Å². The van der Waals surface area contributed by atoms with Crippen LogP contribution in [0.4, 0.5) is 0 Å². The molecule has 1 aromatic rings. The number of thioether (sulfide) groups is 1. The largest absolute Gasteiger partial charge is 0.508 e. The summed E-state index contributed by atoms with van der Waals surface area (Å²) >= 11 is 1.89. The fourth-order valence-corrected chi connectivity index (χ4v) is 2.54. The van der Waals surface area contributed by atoms with E-state index in [9.17, 15) is 5.11 Å². The van der Waals surface area contributed by atoms with Crippen LogP contribution in [0.1, 0.15) is 31.4 Å². The van der Waals surface area contributed by atoms with Crippen LogP contribution in [0, 0.1) is 12.8 Å². The highest BCUT2D eigenvalue weighted by Crippen LogP contribution is 2.24. The van der Waals surface area contributed by atoms with E-state index in [4.69, 9.17) is 0 Å². The first-order valence-corrected chi connectivity index (χ1v) is 6.61. The predicted octanol–water partition coefficient (Wildman–Crippen LogP) is 3.98. The topological polar surface area (TPSA) is 20.2 Å². The van der Waals surface area contributed by atoms with Crippen molar-refractivity contribution < 1.29 is 5.11 Å². The third-order valence-electron chi connectivity index (χ3n) is 2.34. The molecule has 0 spiro atoms. The predicted molar refractivity (Wildman–Crippen MR) is 68.5 cm³/mol. The van der Waals surface area contributed by atoms with Crippen LogP contribution in [-0.2, 0) is 5.75 Å². The van der Waals surface area contributed by atoms with Gasteiger partial charge in [0.25, 0.3) is 0 Å². The van der Waals surface area contributed by atoms with Crippen molar-refractivity contribution in [1.29, 1.82) is 0 Å². The zero-order chi connectivity index (χ0) is 11.3. The van der Waals surface area contributed by atoms with E-state index >= 15 is 0 Å². The molecule has 0 heterocycles. The number of phenolic OH excluding ortho intramolecular Hbond substituents is 1. The highest BCUT2D eigenvalue weighted by atomic mass is 32.2. The zero-order valence-electron chi connectivity index (χ0n) is 9.79. The molecule has 0 unspecified atom stereocenters. The van der Waals surface area contributed by atoms with Crippen LogP contribution < -0.4 is 0 Å². The molecule has 1 aromatic carbocycles. The summed E-state index contributed by atoms with van der Waals surface area (Å²) in [5, 5.41) is 9.69. The van der Waals surface area contributed by atoms with E-state index < -0.39 is 0 Å². The van der Waals surface area contributed by atoms with Gasteiger partial charge in [-0.15, -0.1) is 0 Å². The number of hydrogen-bond acceptors (Lipinski definition) is 2. The van der Waals surface area contributed by atoms with Gasteiger partial charge >= 0.3 is 0 Å². The molecule has 0 radical (unpaired) electrons. The Labute approximate surface area is 96.9 Å². The molecule has 15 heavy (non-hydrogen) atoms. The first-order chi connectivity index (χ1) is 7.09. The fourth-order valence-electron chi connectivity index (χ4n) is 1.30. The van der Waals surface area contributed by atoms with E-state index in [1.54, 1.807) is 0 Å². The maximum atomic E-state index is 9.69. The summed E-state index contributed by atoms with van der Waals surface area (Å²) in [4.78, 5) is 0. The molecule has 0 saturated carbocycles. The van der Waals surface area contributed by atoms with Gasteiger partial charge in [-0.2, -0.15) is 11.8 Å².